The number of benzene rings is 3. The van der Waals surface area contributed by atoms with Gasteiger partial charge in [-0.25, -0.2) is 0 Å². The van der Waals surface area contributed by atoms with Crippen molar-refractivity contribution >= 4 is 12.4 Å². The summed E-state index contributed by atoms with van der Waals surface area (Å²) in [6.45, 7) is 15.2. The molecule has 0 aliphatic carbocycles. The van der Waals surface area contributed by atoms with Crippen molar-refractivity contribution in [1.29, 1.82) is 0 Å². The Morgan fingerprint density at radius 3 is 1.92 bits per heavy atom. The van der Waals surface area contributed by atoms with Crippen LogP contribution in [0, 0.1) is 6.92 Å². The molecule has 5 heteroatoms. The Labute approximate surface area is 220 Å². The molecule has 36 heavy (non-hydrogen) atoms. The summed E-state index contributed by atoms with van der Waals surface area (Å²) >= 11 is 0. The highest BCUT2D eigenvalue weighted by molar-refractivity contribution is 5.46. The van der Waals surface area contributed by atoms with Crippen LogP contribution in [0.5, 0.6) is 5.75 Å². The predicted molar refractivity (Wildman–Crippen MR) is 160 cm³/mol. The van der Waals surface area contributed by atoms with Crippen molar-refractivity contribution in [2.45, 2.75) is 66.3 Å². The number of rotatable bonds is 7. The van der Waals surface area contributed by atoms with E-state index in [1.54, 1.807) is 12.1 Å². The number of aromatic hydroxyl groups is 1. The Morgan fingerprint density at radius 1 is 0.889 bits per heavy atom. The van der Waals surface area contributed by atoms with E-state index < -0.39 is 0 Å². The van der Waals surface area contributed by atoms with Gasteiger partial charge in [-0.05, 0) is 93.4 Å². The first kappa shape index (κ1) is 35.2. The number of nitrogens with two attached hydrogens (primary N) is 3. The zero-order valence-electron chi connectivity index (χ0n) is 23.4. The Hall–Kier alpha value is -2.99. The van der Waals surface area contributed by atoms with Crippen molar-refractivity contribution in [3.8, 4) is 5.75 Å². The fraction of sp³-hybridized carbons (Fsp3) is 0.387. The summed E-state index contributed by atoms with van der Waals surface area (Å²) in [5.41, 5.74) is 21.4. The van der Waals surface area contributed by atoms with Gasteiger partial charge in [-0.1, -0.05) is 81.8 Å². The summed E-state index contributed by atoms with van der Waals surface area (Å²) in [5.74, 6) is 0.972. The second-order valence-electron chi connectivity index (χ2n) is 7.79. The van der Waals surface area contributed by atoms with E-state index in [0.717, 1.165) is 30.6 Å². The Balaban J connectivity index is 0. The average molecular weight is 495 g/mol. The number of aryl methyl sites for hydroxylation is 2. The zero-order valence-corrected chi connectivity index (χ0v) is 23.4. The second kappa shape index (κ2) is 23.7. The van der Waals surface area contributed by atoms with E-state index in [4.69, 9.17) is 16.6 Å². The lowest BCUT2D eigenvalue weighted by Gasteiger charge is -2.11. The molecule has 0 amide bonds. The lowest BCUT2D eigenvalue weighted by atomic mass is 9.95. The van der Waals surface area contributed by atoms with Gasteiger partial charge in [-0.3, -0.25) is 4.99 Å². The minimum Gasteiger partial charge on any atom is -0.508 e. The normalized spacial score (nSPS) is 9.92. The summed E-state index contributed by atoms with van der Waals surface area (Å²) in [4.78, 5) is 3.77. The maximum atomic E-state index is 8.76. The van der Waals surface area contributed by atoms with Crippen molar-refractivity contribution in [2.24, 2.45) is 22.2 Å². The number of phenols is 1. The quantitative estimate of drug-likeness (QED) is 0.268. The number of hydrogen-bond donors (Lipinski definition) is 4. The molecule has 3 aromatic rings. The molecule has 200 valence electrons. The van der Waals surface area contributed by atoms with Gasteiger partial charge >= 0.3 is 0 Å². The number of hydrogen-bond acceptors (Lipinski definition) is 5. The van der Waals surface area contributed by atoms with Crippen molar-refractivity contribution in [3.63, 3.8) is 0 Å². The van der Waals surface area contributed by atoms with E-state index in [-0.39, 0.29) is 0 Å². The summed E-state index contributed by atoms with van der Waals surface area (Å²) in [5, 5.41) is 8.76. The van der Waals surface area contributed by atoms with Crippen LogP contribution in [0.1, 0.15) is 68.7 Å². The molecular weight excluding hydrogens is 444 g/mol. The van der Waals surface area contributed by atoms with Crippen LogP contribution in [-0.2, 0) is 13.0 Å². The van der Waals surface area contributed by atoms with E-state index in [1.807, 2.05) is 57.2 Å². The van der Waals surface area contributed by atoms with Gasteiger partial charge in [0.25, 0.3) is 0 Å². The van der Waals surface area contributed by atoms with Crippen LogP contribution in [0.15, 0.2) is 77.8 Å². The van der Waals surface area contributed by atoms with Gasteiger partial charge in [0.1, 0.15) is 5.75 Å². The molecule has 3 aromatic carbocycles. The molecule has 0 heterocycles. The van der Waals surface area contributed by atoms with Crippen LogP contribution in [0.25, 0.3) is 0 Å². The van der Waals surface area contributed by atoms with Crippen LogP contribution >= 0.6 is 0 Å². The Morgan fingerprint density at radius 2 is 1.47 bits per heavy atom. The maximum Gasteiger partial charge on any atom is 0.115 e. The van der Waals surface area contributed by atoms with Crippen LogP contribution < -0.4 is 17.2 Å². The van der Waals surface area contributed by atoms with Crippen molar-refractivity contribution in [1.82, 2.24) is 0 Å². The van der Waals surface area contributed by atoms with Gasteiger partial charge in [0.15, 0.2) is 0 Å². The molecular formula is C31H50N4O. The number of nitrogens with zero attached hydrogens (tertiary/aromatic N) is 1. The van der Waals surface area contributed by atoms with Crippen molar-refractivity contribution < 1.29 is 5.11 Å². The van der Waals surface area contributed by atoms with Crippen molar-refractivity contribution in [2.75, 3.05) is 13.6 Å². The van der Waals surface area contributed by atoms with Gasteiger partial charge in [0.2, 0.25) is 0 Å². The summed E-state index contributed by atoms with van der Waals surface area (Å²) in [6, 6.07) is 23.8. The van der Waals surface area contributed by atoms with Gasteiger partial charge in [-0.2, -0.15) is 0 Å². The first-order chi connectivity index (χ1) is 17.4. The summed E-state index contributed by atoms with van der Waals surface area (Å²) in [7, 11) is 1.50. The van der Waals surface area contributed by atoms with Crippen molar-refractivity contribution in [3.05, 3.63) is 95.1 Å². The third kappa shape index (κ3) is 16.6. The molecule has 0 saturated heterocycles. The molecule has 0 radical (unpaired) electrons. The molecule has 3 rings (SSSR count). The first-order valence-corrected chi connectivity index (χ1v) is 12.8. The third-order valence-corrected chi connectivity index (χ3v) is 5.16. The lowest BCUT2D eigenvalue weighted by molar-refractivity contribution is 0.475. The number of phenolic OH excluding ortho intramolecular Hbond substituents is 1. The molecule has 0 aliphatic rings. The monoisotopic (exact) mass is 494 g/mol. The van der Waals surface area contributed by atoms with E-state index in [0.29, 0.717) is 18.2 Å². The van der Waals surface area contributed by atoms with Crippen LogP contribution in [0.4, 0.5) is 5.69 Å². The summed E-state index contributed by atoms with van der Waals surface area (Å²) in [6.07, 6.45) is 3.44. The average Bonchev–Trinajstić information content (AvgIpc) is 2.96. The molecule has 0 aliphatic heterocycles. The zero-order chi connectivity index (χ0) is 27.8. The SMILES string of the molecule is C=Nc1cccc(CN)c1.CC.CCc1ccc(C(C)CCCN)cc1.CN.Cc1ccc(O)cc1. The molecule has 7 N–H and O–H groups in total. The highest BCUT2D eigenvalue weighted by Crippen LogP contribution is 2.20. The fourth-order valence-corrected chi connectivity index (χ4v) is 3.00. The van der Waals surface area contributed by atoms with E-state index in [9.17, 15) is 0 Å². The fourth-order valence-electron chi connectivity index (χ4n) is 3.00. The number of aliphatic imine (C=N–C) groups is 1. The van der Waals surface area contributed by atoms with Gasteiger partial charge < -0.3 is 22.3 Å². The molecule has 1 atom stereocenters. The van der Waals surface area contributed by atoms with Crippen LogP contribution in [-0.4, -0.2) is 25.4 Å². The maximum absolute atomic E-state index is 8.76. The van der Waals surface area contributed by atoms with Gasteiger partial charge in [0, 0.05) is 6.54 Å². The lowest BCUT2D eigenvalue weighted by Crippen LogP contribution is -2.01. The minimum absolute atomic E-state index is 0.329. The molecule has 0 aromatic heterocycles. The second-order valence-corrected chi connectivity index (χ2v) is 7.79. The molecule has 0 fully saturated rings. The standard InChI is InChI=1S/C13H21N.C8H10N2.C7H8O.C2H6.CH5N/c1-3-12-6-8-13(9-7-12)11(2)5-4-10-14;1-10-8-4-2-3-7(5-8)6-9;1-6-2-4-7(8)5-3-6;2*1-2/h6-9,11H,3-5,10,14H2,1-2H3;2-5H,1,6,9H2;2-5,8H,1H3;1-2H3;2H2,1H3. The first-order valence-electron chi connectivity index (χ1n) is 12.8. The van der Waals surface area contributed by atoms with E-state index in [1.165, 1.54) is 30.2 Å². The van der Waals surface area contributed by atoms with E-state index in [2.05, 4.69) is 55.6 Å². The van der Waals surface area contributed by atoms with E-state index >= 15 is 0 Å². The Kier molecular flexibility index (Phi) is 23.2. The molecule has 0 saturated carbocycles. The molecule has 0 bridgehead atoms. The summed E-state index contributed by atoms with van der Waals surface area (Å²) < 4.78 is 0. The van der Waals surface area contributed by atoms with Crippen LogP contribution in [0.2, 0.25) is 0 Å². The van der Waals surface area contributed by atoms with Gasteiger partial charge in [0.05, 0.1) is 5.69 Å². The molecule has 0 spiro atoms. The molecule has 1 unspecified atom stereocenters. The van der Waals surface area contributed by atoms with Gasteiger partial charge in [-0.15, -0.1) is 0 Å². The molecule has 5 nitrogen and oxygen atoms in total. The van der Waals surface area contributed by atoms with Crippen LogP contribution in [0.3, 0.4) is 0 Å². The largest absolute Gasteiger partial charge is 0.508 e. The Bertz CT molecular complexity index is 872. The third-order valence-electron chi connectivity index (χ3n) is 5.16. The highest BCUT2D eigenvalue weighted by Gasteiger charge is 2.04. The highest BCUT2D eigenvalue weighted by atomic mass is 16.3. The minimum atomic E-state index is 0.329. The smallest absolute Gasteiger partial charge is 0.115 e. The predicted octanol–water partition coefficient (Wildman–Crippen LogP) is 6.87. The topological polar surface area (TPSA) is 111 Å².